The summed E-state index contributed by atoms with van der Waals surface area (Å²) in [7, 11) is 1.77. The zero-order valence-corrected chi connectivity index (χ0v) is 21.3. The van der Waals surface area contributed by atoms with Gasteiger partial charge in [-0.15, -0.1) is 5.10 Å². The summed E-state index contributed by atoms with van der Waals surface area (Å²) >= 11 is 1.13. The van der Waals surface area contributed by atoms with Crippen LogP contribution in [0.3, 0.4) is 0 Å². The Morgan fingerprint density at radius 3 is 2.13 bits per heavy atom. The predicted molar refractivity (Wildman–Crippen MR) is 146 cm³/mol. The molecule has 188 valence electrons. The van der Waals surface area contributed by atoms with Gasteiger partial charge in [-0.25, -0.2) is 14.2 Å². The zero-order valence-electron chi connectivity index (χ0n) is 20.5. The van der Waals surface area contributed by atoms with Gasteiger partial charge in [0.2, 0.25) is 0 Å². The lowest BCUT2D eigenvalue weighted by molar-refractivity contribution is 0.630. The van der Waals surface area contributed by atoms with Crippen LogP contribution < -0.4 is 16.7 Å². The summed E-state index contributed by atoms with van der Waals surface area (Å²) in [6.45, 7) is 1.78. The molecule has 0 amide bonds. The Balaban J connectivity index is 1.54. The number of nitrogens with zero attached hydrogens (tertiary/aromatic N) is 7. The molecule has 0 fully saturated rings. The van der Waals surface area contributed by atoms with Gasteiger partial charge >= 0.3 is 0 Å². The molecule has 0 unspecified atom stereocenters. The van der Waals surface area contributed by atoms with Crippen molar-refractivity contribution in [2.75, 3.05) is 0 Å². The molecule has 10 nitrogen and oxygen atoms in total. The summed E-state index contributed by atoms with van der Waals surface area (Å²) in [5.74, 6) is 0.0419. The molecule has 6 rings (SSSR count). The first kappa shape index (κ1) is 23.6. The lowest BCUT2D eigenvalue weighted by atomic mass is 10.2. The topological polar surface area (TPSA) is 110 Å². The third-order valence-electron chi connectivity index (χ3n) is 6.44. The van der Waals surface area contributed by atoms with Gasteiger partial charge in [-0.2, -0.15) is 4.68 Å². The maximum absolute atomic E-state index is 13.8. The molecular formula is C27H21N7O3S. The molecule has 0 N–H and O–H groups in total. The van der Waals surface area contributed by atoms with Gasteiger partial charge in [0.25, 0.3) is 16.7 Å². The van der Waals surface area contributed by atoms with Gasteiger partial charge in [-0.3, -0.25) is 19.1 Å². The molecular weight excluding hydrogens is 502 g/mol. The maximum atomic E-state index is 13.8. The molecule has 3 aromatic heterocycles. The normalized spacial score (nSPS) is 11.4. The SMILES string of the molecule is Cc1c(-n2c(SCn3nnc4ccccc4c3=O)nc3ccccc3c2=O)c(=O)n(-c2ccccc2)n1C. The second-order valence-electron chi connectivity index (χ2n) is 8.65. The summed E-state index contributed by atoms with van der Waals surface area (Å²) in [5, 5.41) is 9.27. The van der Waals surface area contributed by atoms with E-state index < -0.39 is 0 Å². The molecule has 11 heteroatoms. The van der Waals surface area contributed by atoms with Crippen molar-refractivity contribution in [2.45, 2.75) is 18.0 Å². The smallest absolute Gasteiger partial charge is 0.283 e. The summed E-state index contributed by atoms with van der Waals surface area (Å²) in [6.07, 6.45) is 0. The Kier molecular flexibility index (Phi) is 5.76. The molecule has 0 aliphatic rings. The third kappa shape index (κ3) is 3.75. The Labute approximate surface area is 219 Å². The molecule has 0 saturated carbocycles. The molecule has 3 aromatic carbocycles. The molecule has 38 heavy (non-hydrogen) atoms. The maximum Gasteiger partial charge on any atom is 0.296 e. The van der Waals surface area contributed by atoms with Crippen LogP contribution in [0.15, 0.2) is 98.4 Å². The first-order chi connectivity index (χ1) is 18.5. The van der Waals surface area contributed by atoms with E-state index in [1.807, 2.05) is 30.3 Å². The highest BCUT2D eigenvalue weighted by Gasteiger charge is 2.23. The van der Waals surface area contributed by atoms with Gasteiger partial charge in [-0.05, 0) is 43.3 Å². The van der Waals surface area contributed by atoms with Crippen molar-refractivity contribution in [2.24, 2.45) is 7.05 Å². The molecule has 0 spiro atoms. The van der Waals surface area contributed by atoms with Crippen LogP contribution in [0.5, 0.6) is 0 Å². The van der Waals surface area contributed by atoms with E-state index in [-0.39, 0.29) is 33.4 Å². The van der Waals surface area contributed by atoms with Crippen LogP contribution in [0.25, 0.3) is 33.2 Å². The average molecular weight is 524 g/mol. The highest BCUT2D eigenvalue weighted by atomic mass is 32.2. The largest absolute Gasteiger partial charge is 0.296 e. The Morgan fingerprint density at radius 2 is 1.39 bits per heavy atom. The Morgan fingerprint density at radius 1 is 0.763 bits per heavy atom. The van der Waals surface area contributed by atoms with Crippen LogP contribution in [0.2, 0.25) is 0 Å². The number of hydrogen-bond acceptors (Lipinski definition) is 7. The summed E-state index contributed by atoms with van der Waals surface area (Å²) in [5.41, 5.74) is 1.40. The standard InChI is InChI=1S/C27H21N7O3S/c1-17-23(26(37)34(31(17)2)18-10-4-3-5-11-18)33-25(36)19-12-6-8-14-21(19)28-27(33)38-16-32-24(35)20-13-7-9-15-22(20)29-30-32/h3-15H,16H2,1-2H3. The summed E-state index contributed by atoms with van der Waals surface area (Å²) in [6, 6.07) is 23.2. The van der Waals surface area contributed by atoms with E-state index in [1.165, 1.54) is 13.9 Å². The van der Waals surface area contributed by atoms with Crippen molar-refractivity contribution in [3.8, 4) is 11.4 Å². The van der Waals surface area contributed by atoms with Crippen molar-refractivity contribution in [3.63, 3.8) is 0 Å². The average Bonchev–Trinajstić information content (AvgIpc) is 3.16. The quantitative estimate of drug-likeness (QED) is 0.252. The van der Waals surface area contributed by atoms with Crippen LogP contribution in [0.4, 0.5) is 0 Å². The summed E-state index contributed by atoms with van der Waals surface area (Å²) in [4.78, 5) is 45.3. The van der Waals surface area contributed by atoms with E-state index in [2.05, 4.69) is 10.3 Å². The number of hydrogen-bond donors (Lipinski definition) is 0. The summed E-state index contributed by atoms with van der Waals surface area (Å²) < 4.78 is 5.78. The van der Waals surface area contributed by atoms with Gasteiger partial charge in [0.15, 0.2) is 5.16 Å². The van der Waals surface area contributed by atoms with Crippen LogP contribution in [-0.4, -0.2) is 33.9 Å². The fourth-order valence-corrected chi connectivity index (χ4v) is 5.32. The number of thioether (sulfide) groups is 1. The van der Waals surface area contributed by atoms with E-state index >= 15 is 0 Å². The van der Waals surface area contributed by atoms with E-state index in [0.29, 0.717) is 33.2 Å². The van der Waals surface area contributed by atoms with Crippen LogP contribution in [-0.2, 0) is 12.9 Å². The second kappa shape index (κ2) is 9.27. The highest BCUT2D eigenvalue weighted by molar-refractivity contribution is 7.98. The molecule has 0 saturated heterocycles. The number of rotatable bonds is 5. The predicted octanol–water partition coefficient (Wildman–Crippen LogP) is 3.04. The van der Waals surface area contributed by atoms with Crippen molar-refractivity contribution >= 4 is 33.6 Å². The highest BCUT2D eigenvalue weighted by Crippen LogP contribution is 2.23. The first-order valence-corrected chi connectivity index (χ1v) is 12.8. The molecule has 0 bridgehead atoms. The number of para-hydroxylation sites is 2. The van der Waals surface area contributed by atoms with Crippen molar-refractivity contribution in [1.82, 2.24) is 33.9 Å². The fraction of sp³-hybridized carbons (Fsp3) is 0.111. The lowest BCUT2D eigenvalue weighted by Gasteiger charge is -2.12. The number of benzene rings is 3. The van der Waals surface area contributed by atoms with Gasteiger partial charge < -0.3 is 0 Å². The molecule has 0 aliphatic carbocycles. The van der Waals surface area contributed by atoms with E-state index in [4.69, 9.17) is 4.98 Å². The van der Waals surface area contributed by atoms with Crippen LogP contribution in [0, 0.1) is 6.92 Å². The molecule has 0 radical (unpaired) electrons. The first-order valence-electron chi connectivity index (χ1n) is 11.8. The molecule has 0 atom stereocenters. The van der Waals surface area contributed by atoms with E-state index in [0.717, 1.165) is 11.8 Å². The lowest BCUT2D eigenvalue weighted by Crippen LogP contribution is -2.29. The van der Waals surface area contributed by atoms with E-state index in [9.17, 15) is 14.4 Å². The Hall–Kier alpha value is -4.77. The molecule has 0 aliphatic heterocycles. The number of fused-ring (bicyclic) bond motifs is 2. The zero-order chi connectivity index (χ0) is 26.4. The van der Waals surface area contributed by atoms with Crippen LogP contribution in [0.1, 0.15) is 5.69 Å². The monoisotopic (exact) mass is 523 g/mol. The van der Waals surface area contributed by atoms with Crippen molar-refractivity contribution in [3.05, 3.63) is 116 Å². The second-order valence-corrected chi connectivity index (χ2v) is 9.56. The number of aromatic nitrogens is 7. The van der Waals surface area contributed by atoms with Gasteiger partial charge in [0, 0.05) is 7.05 Å². The minimum absolute atomic E-state index is 0.0419. The van der Waals surface area contributed by atoms with Gasteiger partial charge in [0.1, 0.15) is 11.2 Å². The minimum Gasteiger partial charge on any atom is -0.283 e. The van der Waals surface area contributed by atoms with Crippen LogP contribution >= 0.6 is 11.8 Å². The minimum atomic E-state index is -0.374. The Bertz CT molecular complexity index is 2020. The van der Waals surface area contributed by atoms with Gasteiger partial charge in [0.05, 0.1) is 33.5 Å². The van der Waals surface area contributed by atoms with Gasteiger partial charge in [-0.1, -0.05) is 59.4 Å². The van der Waals surface area contributed by atoms with Crippen molar-refractivity contribution < 1.29 is 0 Å². The molecule has 6 aromatic rings. The van der Waals surface area contributed by atoms with Crippen molar-refractivity contribution in [1.29, 1.82) is 0 Å². The third-order valence-corrected chi connectivity index (χ3v) is 7.34. The molecule has 3 heterocycles. The fourth-order valence-electron chi connectivity index (χ4n) is 4.44. The van der Waals surface area contributed by atoms with E-state index in [1.54, 1.807) is 67.2 Å².